The molecule has 0 aliphatic carbocycles. The van der Waals surface area contributed by atoms with Crippen molar-refractivity contribution in [2.75, 3.05) is 27.2 Å². The molecule has 1 aromatic carbocycles. The van der Waals surface area contributed by atoms with Gasteiger partial charge in [0.15, 0.2) is 0 Å². The summed E-state index contributed by atoms with van der Waals surface area (Å²) in [5.74, 6) is -0.175. The highest BCUT2D eigenvalue weighted by Crippen LogP contribution is 2.14. The lowest BCUT2D eigenvalue weighted by Crippen LogP contribution is -3.10. The van der Waals surface area contributed by atoms with Gasteiger partial charge in [0.1, 0.15) is 11.6 Å². The minimum Gasteiger partial charge on any atom is -0.338 e. The number of carbonyl (C=O) groups is 1. The quantitative estimate of drug-likeness (QED) is 0.657. The van der Waals surface area contributed by atoms with Crippen LogP contribution in [-0.4, -0.2) is 44.0 Å². The summed E-state index contributed by atoms with van der Waals surface area (Å²) in [5.41, 5.74) is 1.08. The van der Waals surface area contributed by atoms with Crippen molar-refractivity contribution in [3.8, 4) is 6.07 Å². The fourth-order valence-corrected chi connectivity index (χ4v) is 2.70. The van der Waals surface area contributed by atoms with Crippen molar-refractivity contribution in [3.63, 3.8) is 0 Å². The molecule has 1 aromatic rings. The van der Waals surface area contributed by atoms with E-state index in [-0.39, 0.29) is 17.5 Å². The predicted octanol–water partition coefficient (Wildman–Crippen LogP) is 0.729. The number of likely N-dealkylation sites (N-methyl/N-ethyl adjacent to an activating group) is 1. The minimum atomic E-state index is -0.175. The Kier molecular flexibility index (Phi) is 5.13. The first kappa shape index (κ1) is 15.3. The standard InChI is InChI=1S/C17H21N3O/c1-19-10-8-16(9-11-19)20(2)17(21)15(13-18)12-14-6-4-3-5-7-14/h3-7,12,16H,8-11H2,1-2H3/p+1/b15-12+. The SMILES string of the molecule is CN(C(=O)/C(C#N)=C/c1ccccc1)C1CC[NH+](C)CC1. The van der Waals surface area contributed by atoms with Gasteiger partial charge in [-0.15, -0.1) is 0 Å². The molecule has 1 amide bonds. The zero-order valence-corrected chi connectivity index (χ0v) is 12.7. The number of benzene rings is 1. The number of nitriles is 1. The van der Waals surface area contributed by atoms with E-state index in [1.807, 2.05) is 43.4 Å². The Hall–Kier alpha value is -2.12. The van der Waals surface area contributed by atoms with Crippen molar-refractivity contribution in [1.29, 1.82) is 5.26 Å². The lowest BCUT2D eigenvalue weighted by molar-refractivity contribution is -0.885. The molecule has 1 aliphatic heterocycles. The second-order valence-electron chi connectivity index (χ2n) is 5.68. The number of rotatable bonds is 3. The number of piperidine rings is 1. The van der Waals surface area contributed by atoms with E-state index < -0.39 is 0 Å². The molecule has 1 fully saturated rings. The van der Waals surface area contributed by atoms with Crippen LogP contribution in [0.3, 0.4) is 0 Å². The molecular formula is C17H22N3O+. The zero-order valence-electron chi connectivity index (χ0n) is 12.7. The summed E-state index contributed by atoms with van der Waals surface area (Å²) < 4.78 is 0. The molecule has 0 spiro atoms. The Labute approximate surface area is 126 Å². The molecule has 21 heavy (non-hydrogen) atoms. The van der Waals surface area contributed by atoms with Gasteiger partial charge in [0.2, 0.25) is 0 Å². The van der Waals surface area contributed by atoms with Crippen molar-refractivity contribution in [1.82, 2.24) is 4.90 Å². The highest BCUT2D eigenvalue weighted by atomic mass is 16.2. The number of hydrogen-bond donors (Lipinski definition) is 1. The van der Waals surface area contributed by atoms with Crippen LogP contribution in [0, 0.1) is 11.3 Å². The molecule has 1 aliphatic rings. The smallest absolute Gasteiger partial charge is 0.264 e. The van der Waals surface area contributed by atoms with Crippen LogP contribution >= 0.6 is 0 Å². The summed E-state index contributed by atoms with van der Waals surface area (Å²) in [7, 11) is 3.98. The molecule has 110 valence electrons. The zero-order chi connectivity index (χ0) is 15.2. The lowest BCUT2D eigenvalue weighted by atomic mass is 10.0. The lowest BCUT2D eigenvalue weighted by Gasteiger charge is -2.33. The van der Waals surface area contributed by atoms with Crippen molar-refractivity contribution in [3.05, 3.63) is 41.5 Å². The van der Waals surface area contributed by atoms with Gasteiger partial charge in [0.25, 0.3) is 5.91 Å². The monoisotopic (exact) mass is 284 g/mol. The van der Waals surface area contributed by atoms with Gasteiger partial charge in [0, 0.05) is 25.9 Å². The maximum atomic E-state index is 12.5. The number of amides is 1. The first-order valence-electron chi connectivity index (χ1n) is 7.37. The van der Waals surface area contributed by atoms with Crippen LogP contribution in [0.25, 0.3) is 6.08 Å². The average Bonchev–Trinajstić information content (AvgIpc) is 2.53. The van der Waals surface area contributed by atoms with E-state index in [1.165, 1.54) is 4.90 Å². The van der Waals surface area contributed by atoms with Gasteiger partial charge in [-0.2, -0.15) is 5.26 Å². The molecule has 0 radical (unpaired) electrons. The summed E-state index contributed by atoms with van der Waals surface area (Å²) in [6.45, 7) is 2.15. The molecule has 0 saturated carbocycles. The van der Waals surface area contributed by atoms with Crippen LogP contribution in [0.15, 0.2) is 35.9 Å². The molecule has 0 unspecified atom stereocenters. The van der Waals surface area contributed by atoms with Gasteiger partial charge in [0.05, 0.1) is 20.1 Å². The molecule has 1 heterocycles. The van der Waals surface area contributed by atoms with Crippen molar-refractivity contribution >= 4 is 12.0 Å². The van der Waals surface area contributed by atoms with Gasteiger partial charge in [-0.25, -0.2) is 0 Å². The Morgan fingerprint density at radius 3 is 2.52 bits per heavy atom. The minimum absolute atomic E-state index is 0.175. The fraction of sp³-hybridized carbons (Fsp3) is 0.412. The Balaban J connectivity index is 2.10. The molecule has 4 nitrogen and oxygen atoms in total. The highest BCUT2D eigenvalue weighted by Gasteiger charge is 2.27. The predicted molar refractivity (Wildman–Crippen MR) is 82.4 cm³/mol. The van der Waals surface area contributed by atoms with Crippen molar-refractivity contribution < 1.29 is 9.69 Å². The van der Waals surface area contributed by atoms with Crippen LogP contribution in [0.2, 0.25) is 0 Å². The first-order chi connectivity index (χ1) is 10.1. The molecule has 4 heteroatoms. The van der Waals surface area contributed by atoms with Gasteiger partial charge >= 0.3 is 0 Å². The number of carbonyl (C=O) groups excluding carboxylic acids is 1. The first-order valence-corrected chi connectivity index (χ1v) is 7.37. The summed E-state index contributed by atoms with van der Waals surface area (Å²) in [6, 6.07) is 11.8. The highest BCUT2D eigenvalue weighted by molar-refractivity contribution is 6.01. The summed E-state index contributed by atoms with van der Waals surface area (Å²) >= 11 is 0. The molecular weight excluding hydrogens is 262 g/mol. The van der Waals surface area contributed by atoms with Crippen LogP contribution in [0.1, 0.15) is 18.4 Å². The number of nitrogens with zero attached hydrogens (tertiary/aromatic N) is 2. The molecule has 2 rings (SSSR count). The second-order valence-corrected chi connectivity index (χ2v) is 5.68. The van der Waals surface area contributed by atoms with E-state index in [0.717, 1.165) is 31.5 Å². The van der Waals surface area contributed by atoms with Crippen LogP contribution in [0.5, 0.6) is 0 Å². The number of nitrogens with one attached hydrogen (secondary N) is 1. The van der Waals surface area contributed by atoms with Gasteiger partial charge in [-0.05, 0) is 11.6 Å². The third-order valence-corrected chi connectivity index (χ3v) is 4.14. The Morgan fingerprint density at radius 1 is 1.33 bits per heavy atom. The van der Waals surface area contributed by atoms with E-state index >= 15 is 0 Å². The van der Waals surface area contributed by atoms with E-state index in [2.05, 4.69) is 7.05 Å². The molecule has 0 atom stereocenters. The Morgan fingerprint density at radius 2 is 1.95 bits per heavy atom. The van der Waals surface area contributed by atoms with Crippen LogP contribution in [-0.2, 0) is 4.79 Å². The maximum Gasteiger partial charge on any atom is 0.264 e. The second kappa shape index (κ2) is 7.05. The van der Waals surface area contributed by atoms with Crippen LogP contribution in [0.4, 0.5) is 0 Å². The summed E-state index contributed by atoms with van der Waals surface area (Å²) in [6.07, 6.45) is 3.66. The van der Waals surface area contributed by atoms with E-state index in [4.69, 9.17) is 0 Å². The van der Waals surface area contributed by atoms with Gasteiger partial charge in [-0.1, -0.05) is 30.3 Å². The molecule has 0 bridgehead atoms. The van der Waals surface area contributed by atoms with E-state index in [0.29, 0.717) is 0 Å². The summed E-state index contributed by atoms with van der Waals surface area (Å²) in [5, 5.41) is 9.28. The van der Waals surface area contributed by atoms with E-state index in [9.17, 15) is 10.1 Å². The maximum absolute atomic E-state index is 12.5. The third-order valence-electron chi connectivity index (χ3n) is 4.14. The van der Waals surface area contributed by atoms with Crippen molar-refractivity contribution in [2.45, 2.75) is 18.9 Å². The molecule has 0 aromatic heterocycles. The fourth-order valence-electron chi connectivity index (χ4n) is 2.70. The molecule has 1 saturated heterocycles. The topological polar surface area (TPSA) is 48.5 Å². The third kappa shape index (κ3) is 3.93. The normalized spacial score (nSPS) is 22.4. The number of quaternary nitrogens is 1. The van der Waals surface area contributed by atoms with Gasteiger partial charge < -0.3 is 9.80 Å². The number of hydrogen-bond acceptors (Lipinski definition) is 2. The van der Waals surface area contributed by atoms with Gasteiger partial charge in [-0.3, -0.25) is 4.79 Å². The molecule has 1 N–H and O–H groups in total. The largest absolute Gasteiger partial charge is 0.338 e. The van der Waals surface area contributed by atoms with Crippen molar-refractivity contribution in [2.24, 2.45) is 0 Å². The average molecular weight is 284 g/mol. The Bertz CT molecular complexity index is 551. The summed E-state index contributed by atoms with van der Waals surface area (Å²) in [4.78, 5) is 15.7. The number of likely N-dealkylation sites (tertiary alicyclic amines) is 1. The van der Waals surface area contributed by atoms with E-state index in [1.54, 1.807) is 11.0 Å². The van der Waals surface area contributed by atoms with Crippen LogP contribution < -0.4 is 4.90 Å².